The Kier molecular flexibility index (Phi) is 4.74. The molecule has 0 amide bonds. The van der Waals surface area contributed by atoms with Crippen molar-refractivity contribution in [1.29, 1.82) is 0 Å². The number of hydrogen-bond donors (Lipinski definition) is 1. The second kappa shape index (κ2) is 6.53. The predicted molar refractivity (Wildman–Crippen MR) is 83.6 cm³/mol. The number of nitro groups is 1. The van der Waals surface area contributed by atoms with Gasteiger partial charge >= 0.3 is 5.69 Å². The molecule has 0 aliphatic heterocycles. The first-order valence-electron chi connectivity index (χ1n) is 6.21. The second-order valence-electron chi connectivity index (χ2n) is 4.41. The van der Waals surface area contributed by atoms with E-state index in [9.17, 15) is 10.1 Å². The van der Waals surface area contributed by atoms with Crippen LogP contribution in [0.1, 0.15) is 18.5 Å². The molecule has 1 aromatic heterocycles. The predicted octanol–water partition coefficient (Wildman–Crippen LogP) is 3.93. The van der Waals surface area contributed by atoms with E-state index in [-0.39, 0.29) is 11.7 Å². The van der Waals surface area contributed by atoms with Crippen LogP contribution in [0.5, 0.6) is 5.75 Å². The van der Waals surface area contributed by atoms with Crippen LogP contribution in [0, 0.1) is 10.1 Å². The molecule has 0 aliphatic rings. The van der Waals surface area contributed by atoms with Crippen molar-refractivity contribution in [2.45, 2.75) is 13.0 Å². The first kappa shape index (κ1) is 15.2. The van der Waals surface area contributed by atoms with Crippen LogP contribution >= 0.6 is 15.9 Å². The number of anilines is 1. The highest BCUT2D eigenvalue weighted by atomic mass is 79.9. The van der Waals surface area contributed by atoms with E-state index in [1.165, 1.54) is 12.4 Å². The smallest absolute Gasteiger partial charge is 0.311 e. The van der Waals surface area contributed by atoms with Crippen molar-refractivity contribution in [3.05, 3.63) is 56.8 Å². The summed E-state index contributed by atoms with van der Waals surface area (Å²) >= 11 is 3.29. The monoisotopic (exact) mass is 351 g/mol. The van der Waals surface area contributed by atoms with Crippen molar-refractivity contribution < 1.29 is 9.66 Å². The number of nitrogens with one attached hydrogen (secondary N) is 1. The molecule has 110 valence electrons. The van der Waals surface area contributed by atoms with Gasteiger partial charge in [0.2, 0.25) is 0 Å². The van der Waals surface area contributed by atoms with Crippen LogP contribution in [0.25, 0.3) is 0 Å². The lowest BCUT2D eigenvalue weighted by molar-refractivity contribution is -0.384. The highest BCUT2D eigenvalue weighted by Crippen LogP contribution is 2.34. The van der Waals surface area contributed by atoms with Gasteiger partial charge in [0.05, 0.1) is 16.5 Å². The minimum absolute atomic E-state index is 0.0651. The van der Waals surface area contributed by atoms with Gasteiger partial charge in [-0.15, -0.1) is 0 Å². The molecular formula is C14H14BrN3O3. The quantitative estimate of drug-likeness (QED) is 0.652. The molecule has 1 atom stereocenters. The van der Waals surface area contributed by atoms with E-state index in [1.807, 2.05) is 31.2 Å². The van der Waals surface area contributed by atoms with Crippen molar-refractivity contribution in [3.8, 4) is 5.75 Å². The molecule has 0 aliphatic carbocycles. The standard InChI is InChI=1S/C14H14BrN3O3/c1-9(10-3-5-11(21-2)6-4-10)17-14-12(15)7-16-8-13(14)18(19)20/h3-9H,1-2H3,(H,16,17). The van der Waals surface area contributed by atoms with Gasteiger partial charge < -0.3 is 10.1 Å². The van der Waals surface area contributed by atoms with Crippen LogP contribution in [-0.4, -0.2) is 17.0 Å². The second-order valence-corrected chi connectivity index (χ2v) is 5.27. The summed E-state index contributed by atoms with van der Waals surface area (Å²) in [4.78, 5) is 14.4. The van der Waals surface area contributed by atoms with E-state index in [2.05, 4.69) is 26.2 Å². The van der Waals surface area contributed by atoms with E-state index in [4.69, 9.17) is 4.74 Å². The van der Waals surface area contributed by atoms with Gasteiger partial charge in [0.1, 0.15) is 17.6 Å². The first-order chi connectivity index (χ1) is 10.0. The average molecular weight is 352 g/mol. The summed E-state index contributed by atoms with van der Waals surface area (Å²) in [6, 6.07) is 7.43. The molecule has 2 aromatic rings. The summed E-state index contributed by atoms with van der Waals surface area (Å²) in [6.07, 6.45) is 2.75. The number of aromatic nitrogens is 1. The maximum Gasteiger partial charge on any atom is 0.311 e. The minimum atomic E-state index is -0.458. The fraction of sp³-hybridized carbons (Fsp3) is 0.214. The molecule has 0 saturated carbocycles. The molecule has 1 heterocycles. The Bertz CT molecular complexity index is 646. The summed E-state index contributed by atoms with van der Waals surface area (Å²) in [6.45, 7) is 1.93. The van der Waals surface area contributed by atoms with Gasteiger partial charge in [-0.1, -0.05) is 12.1 Å². The van der Waals surface area contributed by atoms with Crippen LogP contribution in [-0.2, 0) is 0 Å². The summed E-state index contributed by atoms with van der Waals surface area (Å²) in [5.74, 6) is 0.766. The van der Waals surface area contributed by atoms with Gasteiger partial charge in [0, 0.05) is 12.2 Å². The van der Waals surface area contributed by atoms with Gasteiger partial charge in [-0.2, -0.15) is 0 Å². The van der Waals surface area contributed by atoms with Crippen molar-refractivity contribution in [1.82, 2.24) is 4.98 Å². The fourth-order valence-corrected chi connectivity index (χ4v) is 2.33. The normalized spacial score (nSPS) is 11.8. The van der Waals surface area contributed by atoms with Crippen LogP contribution in [0.3, 0.4) is 0 Å². The zero-order valence-electron chi connectivity index (χ0n) is 11.5. The lowest BCUT2D eigenvalue weighted by Gasteiger charge is -2.17. The lowest BCUT2D eigenvalue weighted by Crippen LogP contribution is -2.09. The molecule has 1 N–H and O–H groups in total. The molecule has 2 rings (SSSR count). The molecule has 21 heavy (non-hydrogen) atoms. The fourth-order valence-electron chi connectivity index (χ4n) is 1.90. The third-order valence-corrected chi connectivity index (χ3v) is 3.65. The first-order valence-corrected chi connectivity index (χ1v) is 7.00. The number of methoxy groups -OCH3 is 1. The number of halogens is 1. The van der Waals surface area contributed by atoms with E-state index < -0.39 is 4.92 Å². The van der Waals surface area contributed by atoms with Crippen molar-refractivity contribution >= 4 is 27.3 Å². The Labute approximate surface area is 130 Å². The maximum atomic E-state index is 11.1. The maximum absolute atomic E-state index is 11.1. The molecule has 0 saturated heterocycles. The summed E-state index contributed by atoms with van der Waals surface area (Å²) < 4.78 is 5.66. The van der Waals surface area contributed by atoms with Crippen LogP contribution in [0.2, 0.25) is 0 Å². The zero-order chi connectivity index (χ0) is 15.4. The Balaban J connectivity index is 2.26. The Morgan fingerprint density at radius 2 is 2.00 bits per heavy atom. The average Bonchev–Trinajstić information content (AvgIpc) is 2.49. The molecule has 0 bridgehead atoms. The topological polar surface area (TPSA) is 77.3 Å². The number of rotatable bonds is 5. The third kappa shape index (κ3) is 3.49. The Hall–Kier alpha value is -2.15. The van der Waals surface area contributed by atoms with Gasteiger partial charge in [-0.3, -0.25) is 15.1 Å². The van der Waals surface area contributed by atoms with E-state index >= 15 is 0 Å². The molecule has 7 heteroatoms. The number of hydrogen-bond acceptors (Lipinski definition) is 5. The molecule has 0 fully saturated rings. The number of pyridine rings is 1. The number of nitrogens with zero attached hydrogens (tertiary/aromatic N) is 2. The summed E-state index contributed by atoms with van der Waals surface area (Å²) in [5, 5.41) is 14.2. The zero-order valence-corrected chi connectivity index (χ0v) is 13.1. The van der Waals surface area contributed by atoms with Crippen molar-refractivity contribution in [3.63, 3.8) is 0 Å². The highest BCUT2D eigenvalue weighted by Gasteiger charge is 2.19. The van der Waals surface area contributed by atoms with Gasteiger partial charge in [-0.25, -0.2) is 0 Å². The molecule has 1 aromatic carbocycles. The molecule has 1 unspecified atom stereocenters. The van der Waals surface area contributed by atoms with Crippen molar-refractivity contribution in [2.75, 3.05) is 12.4 Å². The van der Waals surface area contributed by atoms with Gasteiger partial charge in [-0.05, 0) is 40.5 Å². The number of ether oxygens (including phenoxy) is 1. The largest absolute Gasteiger partial charge is 0.497 e. The van der Waals surface area contributed by atoms with Crippen LogP contribution < -0.4 is 10.1 Å². The third-order valence-electron chi connectivity index (χ3n) is 3.05. The lowest BCUT2D eigenvalue weighted by atomic mass is 10.1. The van der Waals surface area contributed by atoms with Gasteiger partial charge in [0.15, 0.2) is 0 Å². The molecular weight excluding hydrogens is 338 g/mol. The SMILES string of the molecule is COc1ccc(C(C)Nc2c(Br)cncc2[N+](=O)[O-])cc1. The minimum Gasteiger partial charge on any atom is -0.497 e. The van der Waals surface area contributed by atoms with Crippen LogP contribution in [0.15, 0.2) is 41.1 Å². The van der Waals surface area contributed by atoms with E-state index in [1.54, 1.807) is 7.11 Å². The summed E-state index contributed by atoms with van der Waals surface area (Å²) in [7, 11) is 1.61. The highest BCUT2D eigenvalue weighted by molar-refractivity contribution is 9.10. The molecule has 0 radical (unpaired) electrons. The summed E-state index contributed by atoms with van der Waals surface area (Å²) in [5.41, 5.74) is 1.34. The van der Waals surface area contributed by atoms with Gasteiger partial charge in [0.25, 0.3) is 0 Å². The Morgan fingerprint density at radius 1 is 1.33 bits per heavy atom. The Morgan fingerprint density at radius 3 is 2.57 bits per heavy atom. The van der Waals surface area contributed by atoms with Crippen LogP contribution in [0.4, 0.5) is 11.4 Å². The molecule has 0 spiro atoms. The number of benzene rings is 1. The van der Waals surface area contributed by atoms with Crippen molar-refractivity contribution in [2.24, 2.45) is 0 Å². The molecule has 6 nitrogen and oxygen atoms in total. The van der Waals surface area contributed by atoms with E-state index in [0.29, 0.717) is 10.2 Å². The van der Waals surface area contributed by atoms with E-state index in [0.717, 1.165) is 11.3 Å².